The van der Waals surface area contributed by atoms with Gasteiger partial charge < -0.3 is 15.6 Å². The summed E-state index contributed by atoms with van der Waals surface area (Å²) in [7, 11) is 0. The Kier molecular flexibility index (Phi) is 3.89. The summed E-state index contributed by atoms with van der Waals surface area (Å²) < 4.78 is 5.83. The van der Waals surface area contributed by atoms with Gasteiger partial charge in [0.25, 0.3) is 0 Å². The maximum Gasteiger partial charge on any atom is 0.122 e. The normalized spacial score (nSPS) is 22.2. The predicted molar refractivity (Wildman–Crippen MR) is 83.5 cm³/mol. The molecule has 3 N–H and O–H groups in total. The third-order valence-electron chi connectivity index (χ3n) is 4.22. The van der Waals surface area contributed by atoms with Crippen molar-refractivity contribution in [3.63, 3.8) is 0 Å². The summed E-state index contributed by atoms with van der Waals surface area (Å²) in [6.07, 6.45) is -0.0870. The zero-order valence-electron chi connectivity index (χ0n) is 11.6. The van der Waals surface area contributed by atoms with Gasteiger partial charge >= 0.3 is 0 Å². The van der Waals surface area contributed by atoms with E-state index < -0.39 is 11.5 Å². The molecule has 0 radical (unpaired) electrons. The van der Waals surface area contributed by atoms with Crippen molar-refractivity contribution in [3.05, 3.63) is 64.7 Å². The molecule has 0 fully saturated rings. The first-order valence-electron chi connectivity index (χ1n) is 6.99. The number of hydrogen-bond donors (Lipinski definition) is 2. The van der Waals surface area contributed by atoms with Crippen LogP contribution >= 0.6 is 11.6 Å². The molecule has 4 heteroatoms. The molecule has 2 aromatic carbocycles. The zero-order valence-corrected chi connectivity index (χ0v) is 12.4. The number of para-hydroxylation sites is 1. The summed E-state index contributed by atoms with van der Waals surface area (Å²) in [6.45, 7) is 0.709. The molecular formula is C17H18ClNO2. The van der Waals surface area contributed by atoms with E-state index in [9.17, 15) is 5.11 Å². The number of aliphatic hydroxyl groups is 1. The van der Waals surface area contributed by atoms with Crippen molar-refractivity contribution >= 4 is 11.6 Å². The quantitative estimate of drug-likeness (QED) is 0.916. The molecule has 2 atom stereocenters. The van der Waals surface area contributed by atoms with Crippen LogP contribution in [0.5, 0.6) is 5.75 Å². The van der Waals surface area contributed by atoms with Crippen molar-refractivity contribution in [2.45, 2.75) is 12.5 Å². The Morgan fingerprint density at radius 3 is 2.67 bits per heavy atom. The lowest BCUT2D eigenvalue weighted by Gasteiger charge is -2.41. The largest absolute Gasteiger partial charge is 0.493 e. The molecule has 0 bridgehead atoms. The summed E-state index contributed by atoms with van der Waals surface area (Å²) >= 11 is 6.22. The van der Waals surface area contributed by atoms with Crippen molar-refractivity contribution in [1.29, 1.82) is 0 Å². The van der Waals surface area contributed by atoms with E-state index >= 15 is 0 Å². The maximum atomic E-state index is 10.9. The summed E-state index contributed by atoms with van der Waals surface area (Å²) in [4.78, 5) is 0. The van der Waals surface area contributed by atoms with Crippen molar-refractivity contribution in [1.82, 2.24) is 0 Å². The highest BCUT2D eigenvalue weighted by molar-refractivity contribution is 6.31. The lowest BCUT2D eigenvalue weighted by atomic mass is 9.73. The second-order valence-electron chi connectivity index (χ2n) is 5.56. The Hall–Kier alpha value is -1.55. The minimum absolute atomic E-state index is 0.327. The number of hydrogen-bond acceptors (Lipinski definition) is 3. The molecule has 21 heavy (non-hydrogen) atoms. The predicted octanol–water partition coefficient (Wildman–Crippen LogP) is 2.95. The zero-order chi connectivity index (χ0) is 14.9. The van der Waals surface area contributed by atoms with Crippen LogP contribution in [0.4, 0.5) is 0 Å². The first-order chi connectivity index (χ1) is 10.2. The molecule has 0 spiro atoms. The van der Waals surface area contributed by atoms with Crippen LogP contribution in [0.25, 0.3) is 0 Å². The maximum absolute atomic E-state index is 10.9. The van der Waals surface area contributed by atoms with E-state index in [0.29, 0.717) is 30.2 Å². The average molecular weight is 304 g/mol. The first-order valence-corrected chi connectivity index (χ1v) is 7.37. The van der Waals surface area contributed by atoms with Crippen LogP contribution in [0.2, 0.25) is 5.02 Å². The van der Waals surface area contributed by atoms with Gasteiger partial charge in [0.1, 0.15) is 5.75 Å². The van der Waals surface area contributed by atoms with Gasteiger partial charge in [-0.05, 0) is 29.7 Å². The second-order valence-corrected chi connectivity index (χ2v) is 5.97. The van der Waals surface area contributed by atoms with Gasteiger partial charge in [0.2, 0.25) is 0 Å². The summed E-state index contributed by atoms with van der Waals surface area (Å²) in [6, 6.07) is 15.2. The third kappa shape index (κ3) is 2.53. The average Bonchev–Trinajstić information content (AvgIpc) is 2.54. The first kappa shape index (κ1) is 14.4. The number of benzene rings is 2. The van der Waals surface area contributed by atoms with E-state index in [-0.39, 0.29) is 0 Å². The van der Waals surface area contributed by atoms with Crippen LogP contribution in [-0.2, 0) is 6.42 Å². The molecule has 0 aliphatic carbocycles. The highest BCUT2D eigenvalue weighted by Crippen LogP contribution is 2.43. The number of aliphatic hydroxyl groups excluding tert-OH is 1. The minimum atomic E-state index is -0.760. The Morgan fingerprint density at radius 2 is 1.90 bits per heavy atom. The summed E-state index contributed by atoms with van der Waals surface area (Å²) in [5.41, 5.74) is 7.22. The number of nitrogens with two attached hydrogens (primary N) is 1. The lowest BCUT2D eigenvalue weighted by Crippen LogP contribution is -2.46. The standard InChI is InChI=1S/C17H18ClNO2/c18-14-7-3-2-6-13(14)16(20)17(10-19)9-12-5-1-4-8-15(12)21-11-17/h1-8,16,20H,9-11,19H2. The molecular weight excluding hydrogens is 286 g/mol. The molecule has 1 aliphatic rings. The fourth-order valence-corrected chi connectivity index (χ4v) is 3.13. The number of rotatable bonds is 3. The molecule has 3 nitrogen and oxygen atoms in total. The molecule has 1 aliphatic heterocycles. The van der Waals surface area contributed by atoms with Crippen molar-refractivity contribution < 1.29 is 9.84 Å². The van der Waals surface area contributed by atoms with E-state index in [4.69, 9.17) is 22.1 Å². The van der Waals surface area contributed by atoms with Gasteiger partial charge in [-0.25, -0.2) is 0 Å². The number of halogens is 1. The molecule has 1 heterocycles. The van der Waals surface area contributed by atoms with Gasteiger partial charge in [-0.1, -0.05) is 48.0 Å². The Morgan fingerprint density at radius 1 is 1.19 bits per heavy atom. The smallest absolute Gasteiger partial charge is 0.122 e. The highest BCUT2D eigenvalue weighted by atomic mass is 35.5. The van der Waals surface area contributed by atoms with Crippen LogP contribution in [-0.4, -0.2) is 18.3 Å². The summed E-state index contributed by atoms with van der Waals surface area (Å²) in [5, 5.41) is 11.4. The van der Waals surface area contributed by atoms with Crippen molar-refractivity contribution in [2.75, 3.05) is 13.2 Å². The van der Waals surface area contributed by atoms with E-state index in [1.807, 2.05) is 42.5 Å². The SMILES string of the molecule is NCC1(C(O)c2ccccc2Cl)COc2ccccc2C1. The molecule has 0 aromatic heterocycles. The topological polar surface area (TPSA) is 55.5 Å². The van der Waals surface area contributed by atoms with Crippen LogP contribution < -0.4 is 10.5 Å². The molecule has 2 aromatic rings. The Labute approximate surface area is 129 Å². The van der Waals surface area contributed by atoms with Gasteiger partial charge in [-0.2, -0.15) is 0 Å². The molecule has 0 saturated heterocycles. The van der Waals surface area contributed by atoms with Crippen LogP contribution in [0.15, 0.2) is 48.5 Å². The highest BCUT2D eigenvalue weighted by Gasteiger charge is 2.42. The fraction of sp³-hybridized carbons (Fsp3) is 0.294. The minimum Gasteiger partial charge on any atom is -0.493 e. The van der Waals surface area contributed by atoms with Crippen molar-refractivity contribution in [3.8, 4) is 5.75 Å². The molecule has 0 amide bonds. The van der Waals surface area contributed by atoms with E-state index in [1.54, 1.807) is 6.07 Å². The molecule has 2 unspecified atom stereocenters. The fourth-order valence-electron chi connectivity index (χ4n) is 2.89. The third-order valence-corrected chi connectivity index (χ3v) is 4.56. The van der Waals surface area contributed by atoms with Gasteiger partial charge in [-0.3, -0.25) is 0 Å². The number of ether oxygens (including phenoxy) is 1. The Balaban J connectivity index is 1.97. The lowest BCUT2D eigenvalue weighted by molar-refractivity contribution is -0.0160. The van der Waals surface area contributed by atoms with Gasteiger partial charge in [0, 0.05) is 11.6 Å². The van der Waals surface area contributed by atoms with Gasteiger partial charge in [0.05, 0.1) is 18.1 Å². The van der Waals surface area contributed by atoms with Crippen LogP contribution in [0.3, 0.4) is 0 Å². The van der Waals surface area contributed by atoms with Crippen molar-refractivity contribution in [2.24, 2.45) is 11.1 Å². The van der Waals surface area contributed by atoms with Crippen LogP contribution in [0, 0.1) is 5.41 Å². The van der Waals surface area contributed by atoms with E-state index in [2.05, 4.69) is 0 Å². The summed E-state index contributed by atoms with van der Waals surface area (Å²) in [5.74, 6) is 0.868. The van der Waals surface area contributed by atoms with Gasteiger partial charge in [0.15, 0.2) is 0 Å². The van der Waals surface area contributed by atoms with Gasteiger partial charge in [-0.15, -0.1) is 0 Å². The molecule has 0 saturated carbocycles. The second kappa shape index (κ2) is 5.68. The van der Waals surface area contributed by atoms with E-state index in [0.717, 1.165) is 11.3 Å². The Bertz CT molecular complexity index is 646. The van der Waals surface area contributed by atoms with E-state index in [1.165, 1.54) is 0 Å². The monoisotopic (exact) mass is 303 g/mol. The van der Waals surface area contributed by atoms with Crippen LogP contribution in [0.1, 0.15) is 17.2 Å². The number of fused-ring (bicyclic) bond motifs is 1. The molecule has 110 valence electrons. The molecule has 3 rings (SSSR count).